The molecule has 5 nitrogen and oxygen atoms in total. The third kappa shape index (κ3) is 3.61. The van der Waals surface area contributed by atoms with Crippen molar-refractivity contribution in [1.82, 2.24) is 10.2 Å². The van der Waals surface area contributed by atoms with Crippen LogP contribution in [0.15, 0.2) is 12.2 Å². The molecule has 0 saturated carbocycles. The van der Waals surface area contributed by atoms with Gasteiger partial charge in [0, 0.05) is 13.6 Å². The molecular formula is C10H18N2O3. The molecule has 0 atom stereocenters. The lowest BCUT2D eigenvalue weighted by atomic mass is 10.1. The zero-order valence-electron chi connectivity index (χ0n) is 9.63. The monoisotopic (exact) mass is 214 g/mol. The van der Waals surface area contributed by atoms with Gasteiger partial charge in [-0.1, -0.05) is 12.2 Å². The van der Waals surface area contributed by atoms with E-state index in [2.05, 4.69) is 11.9 Å². The van der Waals surface area contributed by atoms with Crippen molar-refractivity contribution in [3.05, 3.63) is 12.2 Å². The van der Waals surface area contributed by atoms with E-state index in [0.29, 0.717) is 6.54 Å². The van der Waals surface area contributed by atoms with E-state index in [1.54, 1.807) is 6.92 Å². The van der Waals surface area contributed by atoms with Crippen molar-refractivity contribution in [2.24, 2.45) is 0 Å². The topological polar surface area (TPSA) is 69.6 Å². The molecule has 0 saturated heterocycles. The number of rotatable bonds is 4. The molecule has 0 aliphatic rings. The molecule has 15 heavy (non-hydrogen) atoms. The first-order chi connectivity index (χ1) is 6.69. The van der Waals surface area contributed by atoms with E-state index in [1.807, 2.05) is 0 Å². The molecule has 0 aromatic carbocycles. The highest BCUT2D eigenvalue weighted by Gasteiger charge is 2.34. The van der Waals surface area contributed by atoms with Gasteiger partial charge in [0.15, 0.2) is 0 Å². The Morgan fingerprint density at radius 2 is 1.93 bits per heavy atom. The fourth-order valence-electron chi connectivity index (χ4n) is 0.742. The summed E-state index contributed by atoms with van der Waals surface area (Å²) in [4.78, 5) is 23.5. The number of carbonyl (C=O) groups excluding carboxylic acids is 1. The quantitative estimate of drug-likeness (QED) is 0.688. The molecule has 0 aliphatic heterocycles. The Morgan fingerprint density at radius 3 is 2.27 bits per heavy atom. The van der Waals surface area contributed by atoms with Gasteiger partial charge in [-0.15, -0.1) is 0 Å². The van der Waals surface area contributed by atoms with Crippen molar-refractivity contribution in [2.45, 2.75) is 26.3 Å². The first-order valence-electron chi connectivity index (χ1n) is 4.59. The fraction of sp³-hybridized carbons (Fsp3) is 0.600. The Balaban J connectivity index is 4.44. The van der Waals surface area contributed by atoms with Gasteiger partial charge in [0.05, 0.1) is 0 Å². The molecule has 0 spiro atoms. The Kier molecular flexibility index (Phi) is 4.33. The van der Waals surface area contributed by atoms with E-state index < -0.39 is 17.5 Å². The number of nitrogens with one attached hydrogen (secondary N) is 1. The number of likely N-dealkylation sites (N-methyl/N-ethyl adjacent to an activating group) is 1. The highest BCUT2D eigenvalue weighted by Crippen LogP contribution is 2.12. The average molecular weight is 214 g/mol. The van der Waals surface area contributed by atoms with Gasteiger partial charge in [-0.05, 0) is 20.8 Å². The maximum Gasteiger partial charge on any atom is 0.329 e. The van der Waals surface area contributed by atoms with Gasteiger partial charge < -0.3 is 15.3 Å². The second kappa shape index (κ2) is 4.82. The third-order valence-electron chi connectivity index (χ3n) is 2.21. The summed E-state index contributed by atoms with van der Waals surface area (Å²) in [6.45, 7) is 8.70. The van der Waals surface area contributed by atoms with Gasteiger partial charge in [-0.2, -0.15) is 0 Å². The zero-order valence-corrected chi connectivity index (χ0v) is 9.63. The lowest BCUT2D eigenvalue weighted by molar-refractivity contribution is -0.146. The van der Waals surface area contributed by atoms with Crippen molar-refractivity contribution >= 4 is 12.0 Å². The van der Waals surface area contributed by atoms with Crippen molar-refractivity contribution < 1.29 is 14.7 Å². The molecule has 0 fully saturated rings. The Hall–Kier alpha value is -1.52. The van der Waals surface area contributed by atoms with Gasteiger partial charge in [-0.3, -0.25) is 0 Å². The van der Waals surface area contributed by atoms with Crippen LogP contribution >= 0.6 is 0 Å². The summed E-state index contributed by atoms with van der Waals surface area (Å²) in [7, 11) is 1.45. The number of carboxylic acid groups (broad SMARTS) is 1. The Bertz CT molecular complexity index is 284. The predicted octanol–water partition coefficient (Wildman–Crippen LogP) is 1.07. The van der Waals surface area contributed by atoms with Gasteiger partial charge in [0.2, 0.25) is 0 Å². The Labute approximate surface area is 89.8 Å². The number of aliphatic carboxylic acids is 1. The van der Waals surface area contributed by atoms with Crippen molar-refractivity contribution in [3.8, 4) is 0 Å². The van der Waals surface area contributed by atoms with E-state index in [-0.39, 0.29) is 0 Å². The number of hydrogen-bond acceptors (Lipinski definition) is 2. The van der Waals surface area contributed by atoms with Crippen molar-refractivity contribution in [1.29, 1.82) is 0 Å². The highest BCUT2D eigenvalue weighted by atomic mass is 16.4. The van der Waals surface area contributed by atoms with Crippen LogP contribution in [-0.2, 0) is 4.79 Å². The summed E-state index contributed by atoms with van der Waals surface area (Å²) in [5.41, 5.74) is -0.413. The summed E-state index contributed by atoms with van der Waals surface area (Å²) in [5.74, 6) is -1.05. The van der Waals surface area contributed by atoms with E-state index >= 15 is 0 Å². The fourth-order valence-corrected chi connectivity index (χ4v) is 0.742. The van der Waals surface area contributed by atoms with Gasteiger partial charge >= 0.3 is 12.0 Å². The number of nitrogens with zero attached hydrogens (tertiary/aromatic N) is 1. The minimum atomic E-state index is -1.22. The van der Waals surface area contributed by atoms with Crippen LogP contribution in [0.5, 0.6) is 0 Å². The molecule has 0 radical (unpaired) electrons. The molecule has 0 rings (SSSR count). The SMILES string of the molecule is C=C(C)CNC(=O)N(C)C(C)(C)C(=O)O. The number of hydrogen-bond donors (Lipinski definition) is 2. The summed E-state index contributed by atoms with van der Waals surface area (Å²) in [6.07, 6.45) is 0. The number of carbonyl (C=O) groups is 2. The van der Waals surface area contributed by atoms with Crippen LogP contribution in [0.4, 0.5) is 4.79 Å². The average Bonchev–Trinajstić information content (AvgIpc) is 2.12. The van der Waals surface area contributed by atoms with Crippen LogP contribution in [0.2, 0.25) is 0 Å². The maximum absolute atomic E-state index is 11.5. The molecule has 86 valence electrons. The normalized spacial score (nSPS) is 10.7. The van der Waals surface area contributed by atoms with Crippen LogP contribution in [0.3, 0.4) is 0 Å². The lowest BCUT2D eigenvalue weighted by Gasteiger charge is -2.31. The second-order valence-electron chi connectivity index (χ2n) is 4.04. The first kappa shape index (κ1) is 13.5. The van der Waals surface area contributed by atoms with Crippen LogP contribution in [-0.4, -0.2) is 41.1 Å². The number of carboxylic acids is 1. The molecule has 2 N–H and O–H groups in total. The van der Waals surface area contributed by atoms with Gasteiger partial charge in [0.1, 0.15) is 5.54 Å². The number of urea groups is 1. The van der Waals surface area contributed by atoms with Crippen LogP contribution in [0.1, 0.15) is 20.8 Å². The number of amides is 2. The minimum absolute atomic E-state index is 0.346. The van der Waals surface area contributed by atoms with E-state index in [1.165, 1.54) is 20.9 Å². The molecule has 5 heteroatoms. The second-order valence-corrected chi connectivity index (χ2v) is 4.04. The summed E-state index contributed by atoms with van der Waals surface area (Å²) in [6, 6.07) is -0.426. The first-order valence-corrected chi connectivity index (χ1v) is 4.59. The maximum atomic E-state index is 11.5. The molecule has 0 unspecified atom stereocenters. The van der Waals surface area contributed by atoms with Crippen molar-refractivity contribution in [2.75, 3.05) is 13.6 Å². The predicted molar refractivity (Wildman–Crippen MR) is 57.7 cm³/mol. The molecule has 2 amide bonds. The van der Waals surface area contributed by atoms with Gasteiger partial charge in [0.25, 0.3) is 0 Å². The molecule has 0 aromatic rings. The molecule has 0 aliphatic carbocycles. The molecular weight excluding hydrogens is 196 g/mol. The van der Waals surface area contributed by atoms with E-state index in [9.17, 15) is 9.59 Å². The third-order valence-corrected chi connectivity index (χ3v) is 2.21. The molecule has 0 aromatic heterocycles. The highest BCUT2D eigenvalue weighted by molar-refractivity contribution is 5.85. The summed E-state index contributed by atoms with van der Waals surface area (Å²) >= 11 is 0. The van der Waals surface area contributed by atoms with E-state index in [0.717, 1.165) is 10.5 Å². The lowest BCUT2D eigenvalue weighted by Crippen LogP contribution is -2.54. The minimum Gasteiger partial charge on any atom is -0.480 e. The molecule has 0 bridgehead atoms. The summed E-state index contributed by atoms with van der Waals surface area (Å²) < 4.78 is 0. The smallest absolute Gasteiger partial charge is 0.329 e. The largest absolute Gasteiger partial charge is 0.480 e. The Morgan fingerprint density at radius 1 is 1.47 bits per heavy atom. The van der Waals surface area contributed by atoms with Crippen molar-refractivity contribution in [3.63, 3.8) is 0 Å². The summed E-state index contributed by atoms with van der Waals surface area (Å²) in [5, 5.41) is 11.5. The van der Waals surface area contributed by atoms with Crippen LogP contribution in [0, 0.1) is 0 Å². The van der Waals surface area contributed by atoms with E-state index in [4.69, 9.17) is 5.11 Å². The molecule has 0 heterocycles. The van der Waals surface area contributed by atoms with Crippen LogP contribution in [0.25, 0.3) is 0 Å². The van der Waals surface area contributed by atoms with Gasteiger partial charge in [-0.25, -0.2) is 9.59 Å². The standard InChI is InChI=1S/C10H18N2O3/c1-7(2)6-11-9(15)12(5)10(3,4)8(13)14/h1,6H2,2-5H3,(H,11,15)(H,13,14). The zero-order chi connectivity index (χ0) is 12.2. The van der Waals surface area contributed by atoms with Crippen LogP contribution < -0.4 is 5.32 Å².